The summed E-state index contributed by atoms with van der Waals surface area (Å²) in [5.41, 5.74) is 2.15. The summed E-state index contributed by atoms with van der Waals surface area (Å²) >= 11 is 0. The molecule has 2 aliphatic heterocycles. The summed E-state index contributed by atoms with van der Waals surface area (Å²) in [4.78, 5) is 27.4. The third-order valence-corrected chi connectivity index (χ3v) is 5.42. The van der Waals surface area contributed by atoms with Crippen molar-refractivity contribution < 1.29 is 19.1 Å². The van der Waals surface area contributed by atoms with Crippen molar-refractivity contribution in [3.63, 3.8) is 0 Å². The van der Waals surface area contributed by atoms with Crippen LogP contribution in [0, 0.1) is 0 Å². The Morgan fingerprint density at radius 3 is 2.90 bits per heavy atom. The Kier molecular flexibility index (Phi) is 5.98. The number of para-hydroxylation sites is 1. The zero-order valence-electron chi connectivity index (χ0n) is 16.4. The molecule has 2 heterocycles. The molecule has 2 amide bonds. The van der Waals surface area contributed by atoms with Crippen molar-refractivity contribution in [1.82, 2.24) is 10.2 Å². The summed E-state index contributed by atoms with van der Waals surface area (Å²) in [6.07, 6.45) is 3.38. The summed E-state index contributed by atoms with van der Waals surface area (Å²) in [6, 6.07) is 14.8. The van der Waals surface area contributed by atoms with E-state index in [1.54, 1.807) is 4.90 Å². The standard InChI is InChI=1S/C23H26N2O4/c26-22(16-29-19-6-2-1-3-7-19)25(20-8-4-5-12-24-23(20)27)15-17-9-10-21-18(14-17)11-13-28-21/h1-3,6-7,9-10,14,20H,4-5,8,11-13,15-16H2,(H,24,27)/t20-/m0/s1. The fraction of sp³-hybridized carbons (Fsp3) is 0.391. The topological polar surface area (TPSA) is 67.9 Å². The SMILES string of the molecule is O=C1NCCCC[C@@H]1N(Cc1ccc2c(c1)CCO2)C(=O)COc1ccccc1. The van der Waals surface area contributed by atoms with Crippen LogP contribution in [-0.2, 0) is 22.6 Å². The number of carbonyl (C=O) groups is 2. The lowest BCUT2D eigenvalue weighted by atomic mass is 10.0. The normalized spacial score (nSPS) is 18.2. The Morgan fingerprint density at radius 1 is 1.17 bits per heavy atom. The average Bonchev–Trinajstić information content (AvgIpc) is 3.11. The highest BCUT2D eigenvalue weighted by atomic mass is 16.5. The van der Waals surface area contributed by atoms with Crippen molar-refractivity contribution >= 4 is 11.8 Å². The van der Waals surface area contributed by atoms with Crippen LogP contribution in [0.2, 0.25) is 0 Å². The number of hydrogen-bond donors (Lipinski definition) is 1. The van der Waals surface area contributed by atoms with Crippen molar-refractivity contribution in [2.45, 2.75) is 38.3 Å². The highest BCUT2D eigenvalue weighted by Crippen LogP contribution is 2.27. The van der Waals surface area contributed by atoms with Crippen LogP contribution >= 0.6 is 0 Å². The number of nitrogens with one attached hydrogen (secondary N) is 1. The second-order valence-electron chi connectivity index (χ2n) is 7.47. The number of rotatable bonds is 6. The summed E-state index contributed by atoms with van der Waals surface area (Å²) < 4.78 is 11.3. The van der Waals surface area contributed by atoms with Gasteiger partial charge in [0, 0.05) is 19.5 Å². The number of amides is 2. The van der Waals surface area contributed by atoms with E-state index >= 15 is 0 Å². The van der Waals surface area contributed by atoms with E-state index in [0.717, 1.165) is 36.1 Å². The number of ether oxygens (including phenoxy) is 2. The molecular weight excluding hydrogens is 368 g/mol. The van der Waals surface area contributed by atoms with E-state index in [9.17, 15) is 9.59 Å². The summed E-state index contributed by atoms with van der Waals surface area (Å²) in [5, 5.41) is 2.94. The van der Waals surface area contributed by atoms with E-state index < -0.39 is 6.04 Å². The maximum atomic E-state index is 13.1. The minimum absolute atomic E-state index is 0.0833. The van der Waals surface area contributed by atoms with E-state index in [2.05, 4.69) is 11.4 Å². The lowest BCUT2D eigenvalue weighted by Gasteiger charge is -2.30. The zero-order chi connectivity index (χ0) is 20.1. The van der Waals surface area contributed by atoms with Crippen LogP contribution in [0.4, 0.5) is 0 Å². The largest absolute Gasteiger partial charge is 0.493 e. The van der Waals surface area contributed by atoms with Crippen molar-refractivity contribution in [2.75, 3.05) is 19.8 Å². The Hall–Kier alpha value is -3.02. The third-order valence-electron chi connectivity index (χ3n) is 5.42. The van der Waals surface area contributed by atoms with Crippen molar-refractivity contribution in [3.05, 3.63) is 59.7 Å². The molecule has 2 aromatic rings. The molecule has 6 nitrogen and oxygen atoms in total. The van der Waals surface area contributed by atoms with Crippen LogP contribution in [0.5, 0.6) is 11.5 Å². The van der Waals surface area contributed by atoms with Crippen molar-refractivity contribution in [1.29, 1.82) is 0 Å². The predicted molar refractivity (Wildman–Crippen MR) is 109 cm³/mol. The molecule has 29 heavy (non-hydrogen) atoms. The van der Waals surface area contributed by atoms with Crippen LogP contribution in [0.3, 0.4) is 0 Å². The predicted octanol–water partition coefficient (Wildman–Crippen LogP) is 2.70. The smallest absolute Gasteiger partial charge is 0.261 e. The number of hydrogen-bond acceptors (Lipinski definition) is 4. The minimum Gasteiger partial charge on any atom is -0.493 e. The maximum absolute atomic E-state index is 13.1. The van der Waals surface area contributed by atoms with Crippen molar-refractivity contribution in [2.24, 2.45) is 0 Å². The number of nitrogens with zero attached hydrogens (tertiary/aromatic N) is 1. The summed E-state index contributed by atoms with van der Waals surface area (Å²) in [7, 11) is 0. The fourth-order valence-corrected chi connectivity index (χ4v) is 3.87. The highest BCUT2D eigenvalue weighted by Gasteiger charge is 2.31. The van der Waals surface area contributed by atoms with Crippen LogP contribution < -0.4 is 14.8 Å². The van der Waals surface area contributed by atoms with Crippen LogP contribution in [0.15, 0.2) is 48.5 Å². The molecule has 2 aliphatic rings. The maximum Gasteiger partial charge on any atom is 0.261 e. The first-order chi connectivity index (χ1) is 14.2. The van der Waals surface area contributed by atoms with Gasteiger partial charge in [0.25, 0.3) is 5.91 Å². The van der Waals surface area contributed by atoms with Crippen LogP contribution in [0.25, 0.3) is 0 Å². The molecule has 0 bridgehead atoms. The Morgan fingerprint density at radius 2 is 2.03 bits per heavy atom. The first kappa shape index (κ1) is 19.3. The molecule has 1 atom stereocenters. The second-order valence-corrected chi connectivity index (χ2v) is 7.47. The zero-order valence-corrected chi connectivity index (χ0v) is 16.4. The quantitative estimate of drug-likeness (QED) is 0.818. The van der Waals surface area contributed by atoms with Gasteiger partial charge in [-0.2, -0.15) is 0 Å². The highest BCUT2D eigenvalue weighted by molar-refractivity contribution is 5.88. The molecule has 0 aromatic heterocycles. The monoisotopic (exact) mass is 394 g/mol. The summed E-state index contributed by atoms with van der Waals surface area (Å²) in [5.74, 6) is 1.28. The Labute approximate surface area is 170 Å². The van der Waals surface area contributed by atoms with Gasteiger partial charge < -0.3 is 19.7 Å². The van der Waals surface area contributed by atoms with Gasteiger partial charge in [0.05, 0.1) is 6.61 Å². The molecule has 152 valence electrons. The van der Waals surface area contributed by atoms with Gasteiger partial charge in [-0.05, 0) is 48.6 Å². The molecule has 0 spiro atoms. The first-order valence-electron chi connectivity index (χ1n) is 10.2. The number of carbonyl (C=O) groups excluding carboxylic acids is 2. The Bertz CT molecular complexity index is 868. The van der Waals surface area contributed by atoms with E-state index in [-0.39, 0.29) is 18.4 Å². The number of benzene rings is 2. The summed E-state index contributed by atoms with van der Waals surface area (Å²) in [6.45, 7) is 1.63. The molecule has 1 saturated heterocycles. The van der Waals surface area contributed by atoms with E-state index in [4.69, 9.17) is 9.47 Å². The molecule has 1 fully saturated rings. The van der Waals surface area contributed by atoms with Gasteiger partial charge in [-0.15, -0.1) is 0 Å². The third kappa shape index (κ3) is 4.70. The van der Waals surface area contributed by atoms with Gasteiger partial charge in [0.15, 0.2) is 6.61 Å². The first-order valence-corrected chi connectivity index (χ1v) is 10.2. The molecule has 0 saturated carbocycles. The minimum atomic E-state index is -0.478. The molecule has 1 N–H and O–H groups in total. The van der Waals surface area contributed by atoms with Gasteiger partial charge in [-0.1, -0.05) is 30.3 Å². The van der Waals surface area contributed by atoms with Crippen molar-refractivity contribution in [3.8, 4) is 11.5 Å². The molecular formula is C23H26N2O4. The fourth-order valence-electron chi connectivity index (χ4n) is 3.87. The molecule has 2 aromatic carbocycles. The van der Waals surface area contributed by atoms with Gasteiger partial charge in [-0.25, -0.2) is 0 Å². The van der Waals surface area contributed by atoms with Gasteiger partial charge in [-0.3, -0.25) is 9.59 Å². The molecule has 4 rings (SSSR count). The van der Waals surface area contributed by atoms with Crippen LogP contribution in [-0.4, -0.2) is 42.5 Å². The molecule has 0 radical (unpaired) electrons. The lowest BCUT2D eigenvalue weighted by molar-refractivity contribution is -0.142. The van der Waals surface area contributed by atoms with E-state index in [0.29, 0.717) is 31.9 Å². The Balaban J connectivity index is 1.52. The lowest BCUT2D eigenvalue weighted by Crippen LogP contribution is -2.49. The van der Waals surface area contributed by atoms with Gasteiger partial charge in [0.2, 0.25) is 5.91 Å². The molecule has 0 unspecified atom stereocenters. The van der Waals surface area contributed by atoms with Gasteiger partial charge >= 0.3 is 0 Å². The second kappa shape index (κ2) is 8.99. The molecule has 6 heteroatoms. The van der Waals surface area contributed by atoms with Gasteiger partial charge in [0.1, 0.15) is 17.5 Å². The average molecular weight is 394 g/mol. The van der Waals surface area contributed by atoms with E-state index in [1.165, 1.54) is 0 Å². The van der Waals surface area contributed by atoms with Crippen LogP contribution in [0.1, 0.15) is 30.4 Å². The van der Waals surface area contributed by atoms with E-state index in [1.807, 2.05) is 42.5 Å². The molecule has 0 aliphatic carbocycles. The number of fused-ring (bicyclic) bond motifs is 1.